The Morgan fingerprint density at radius 3 is 2.60 bits per heavy atom. The molecule has 0 unspecified atom stereocenters. The second-order valence-electron chi connectivity index (χ2n) is 7.77. The molecule has 0 fully saturated rings. The van der Waals surface area contributed by atoms with E-state index in [9.17, 15) is 4.79 Å². The van der Waals surface area contributed by atoms with Crippen LogP contribution >= 0.6 is 23.2 Å². The van der Waals surface area contributed by atoms with Crippen LogP contribution in [0, 0.1) is 12.7 Å². The number of fused-ring (bicyclic) bond motifs is 1. The number of anilines is 1. The van der Waals surface area contributed by atoms with Crippen molar-refractivity contribution >= 4 is 34.8 Å². The van der Waals surface area contributed by atoms with Gasteiger partial charge in [0, 0.05) is 17.1 Å². The highest BCUT2D eigenvalue weighted by Crippen LogP contribution is 2.47. The number of carbonyl (C=O) groups excluding carboxylic acids is 1. The van der Waals surface area contributed by atoms with E-state index in [1.54, 1.807) is 22.9 Å². The molecular weight excluding hydrogens is 424 g/mol. The Bertz CT molecular complexity index is 1160. The van der Waals surface area contributed by atoms with Crippen molar-refractivity contribution in [3.05, 3.63) is 80.3 Å². The molecule has 7 heteroatoms. The average molecular weight is 446 g/mol. The fraction of sp³-hybridized carbons (Fsp3) is 0.304. The number of amides is 1. The molecule has 0 N–H and O–H groups in total. The Morgan fingerprint density at radius 2 is 1.93 bits per heavy atom. The Labute approximate surface area is 185 Å². The van der Waals surface area contributed by atoms with Gasteiger partial charge in [0.05, 0.1) is 22.4 Å². The van der Waals surface area contributed by atoms with Crippen molar-refractivity contribution in [2.45, 2.75) is 46.2 Å². The Balaban J connectivity index is 2.06. The molecule has 2 aromatic carbocycles. The molecule has 1 atom stereocenters. The van der Waals surface area contributed by atoms with Crippen LogP contribution in [0.3, 0.4) is 0 Å². The Morgan fingerprint density at radius 1 is 1.20 bits per heavy atom. The molecule has 0 aliphatic carbocycles. The number of nitrogens with zero attached hydrogens (tertiary/aromatic N) is 3. The second kappa shape index (κ2) is 7.71. The maximum atomic E-state index is 15.1. The minimum atomic E-state index is -0.621. The van der Waals surface area contributed by atoms with Gasteiger partial charge in [0.1, 0.15) is 5.69 Å². The molecule has 0 saturated heterocycles. The monoisotopic (exact) mass is 445 g/mol. The van der Waals surface area contributed by atoms with E-state index in [2.05, 4.69) is 0 Å². The number of carbonyl (C=O) groups is 1. The van der Waals surface area contributed by atoms with Crippen LogP contribution in [0.4, 0.5) is 10.1 Å². The first-order chi connectivity index (χ1) is 14.3. The summed E-state index contributed by atoms with van der Waals surface area (Å²) in [4.78, 5) is 15.2. The van der Waals surface area contributed by atoms with Crippen molar-refractivity contribution < 1.29 is 9.18 Å². The van der Waals surface area contributed by atoms with Gasteiger partial charge in [-0.25, -0.2) is 4.39 Å². The number of rotatable bonds is 4. The summed E-state index contributed by atoms with van der Waals surface area (Å²) in [5.74, 6) is -0.827. The fourth-order valence-electron chi connectivity index (χ4n) is 4.13. The van der Waals surface area contributed by atoms with Crippen LogP contribution in [-0.4, -0.2) is 15.7 Å². The third-order valence-corrected chi connectivity index (χ3v) is 6.07. The molecule has 0 bridgehead atoms. The van der Waals surface area contributed by atoms with Gasteiger partial charge in [0.15, 0.2) is 5.82 Å². The van der Waals surface area contributed by atoms with Gasteiger partial charge in [-0.15, -0.1) is 0 Å². The van der Waals surface area contributed by atoms with Gasteiger partial charge in [-0.2, -0.15) is 5.10 Å². The van der Waals surface area contributed by atoms with Crippen molar-refractivity contribution in [2.24, 2.45) is 0 Å². The van der Waals surface area contributed by atoms with Crippen molar-refractivity contribution in [2.75, 3.05) is 4.90 Å². The number of hydrogen-bond acceptors (Lipinski definition) is 2. The zero-order chi connectivity index (χ0) is 21.7. The molecule has 1 aromatic heterocycles. The molecule has 4 rings (SSSR count). The Hall–Kier alpha value is -2.37. The number of halogens is 3. The van der Waals surface area contributed by atoms with Crippen LogP contribution in [0.1, 0.15) is 65.6 Å². The summed E-state index contributed by atoms with van der Waals surface area (Å²) in [7, 11) is 0. The second-order valence-corrected chi connectivity index (χ2v) is 8.61. The SMILES string of the molecule is CCn1nc(C(C)C)c2c1C(=O)N(c1cccc(Cl)c1F)[C@H]2c1cc(Cl)ccc1C. The Kier molecular flexibility index (Phi) is 5.37. The number of aromatic nitrogens is 2. The highest BCUT2D eigenvalue weighted by atomic mass is 35.5. The van der Waals surface area contributed by atoms with Crippen LogP contribution in [0.5, 0.6) is 0 Å². The summed E-state index contributed by atoms with van der Waals surface area (Å²) in [6, 6.07) is 9.71. The molecule has 156 valence electrons. The topological polar surface area (TPSA) is 38.1 Å². The predicted octanol–water partition coefficient (Wildman–Crippen LogP) is 6.53. The van der Waals surface area contributed by atoms with Gasteiger partial charge in [-0.3, -0.25) is 14.4 Å². The lowest BCUT2D eigenvalue weighted by Crippen LogP contribution is -2.31. The summed E-state index contributed by atoms with van der Waals surface area (Å²) >= 11 is 12.4. The fourth-order valence-corrected chi connectivity index (χ4v) is 4.48. The molecule has 0 spiro atoms. The molecule has 1 aliphatic heterocycles. The van der Waals surface area contributed by atoms with Gasteiger partial charge >= 0.3 is 0 Å². The molecule has 0 radical (unpaired) electrons. The number of benzene rings is 2. The minimum absolute atomic E-state index is 0.0287. The van der Waals surface area contributed by atoms with E-state index in [0.717, 1.165) is 22.4 Å². The van der Waals surface area contributed by atoms with Crippen molar-refractivity contribution in [3.63, 3.8) is 0 Å². The van der Waals surface area contributed by atoms with Crippen molar-refractivity contribution in [1.29, 1.82) is 0 Å². The first kappa shape index (κ1) is 20.9. The quantitative estimate of drug-likeness (QED) is 0.457. The van der Waals surface area contributed by atoms with Gasteiger partial charge in [-0.1, -0.05) is 49.2 Å². The molecule has 30 heavy (non-hydrogen) atoms. The summed E-state index contributed by atoms with van der Waals surface area (Å²) in [5.41, 5.74) is 4.06. The molecule has 0 saturated carbocycles. The smallest absolute Gasteiger partial charge is 0.277 e. The van der Waals surface area contributed by atoms with Gasteiger partial charge < -0.3 is 0 Å². The zero-order valence-electron chi connectivity index (χ0n) is 17.2. The lowest BCUT2D eigenvalue weighted by Gasteiger charge is -2.28. The summed E-state index contributed by atoms with van der Waals surface area (Å²) < 4.78 is 16.8. The highest BCUT2D eigenvalue weighted by Gasteiger charge is 2.46. The van der Waals surface area contributed by atoms with Crippen LogP contribution in [0.15, 0.2) is 36.4 Å². The van der Waals surface area contributed by atoms with E-state index in [1.807, 2.05) is 39.8 Å². The van der Waals surface area contributed by atoms with Crippen molar-refractivity contribution in [1.82, 2.24) is 9.78 Å². The predicted molar refractivity (Wildman–Crippen MR) is 118 cm³/mol. The van der Waals surface area contributed by atoms with E-state index < -0.39 is 11.9 Å². The summed E-state index contributed by atoms with van der Waals surface area (Å²) in [6.07, 6.45) is 0. The third kappa shape index (κ3) is 3.12. The van der Waals surface area contributed by atoms with E-state index >= 15 is 4.39 Å². The minimum Gasteiger partial charge on any atom is -0.292 e. The maximum Gasteiger partial charge on any atom is 0.277 e. The first-order valence-electron chi connectivity index (χ1n) is 9.90. The zero-order valence-corrected chi connectivity index (χ0v) is 18.7. The largest absolute Gasteiger partial charge is 0.292 e. The molecule has 2 heterocycles. The highest BCUT2D eigenvalue weighted by molar-refractivity contribution is 6.31. The van der Waals surface area contributed by atoms with E-state index in [1.165, 1.54) is 11.0 Å². The van der Waals surface area contributed by atoms with E-state index in [0.29, 0.717) is 17.3 Å². The molecular formula is C23H22Cl2FN3O. The van der Waals surface area contributed by atoms with Crippen LogP contribution in [-0.2, 0) is 6.54 Å². The molecule has 4 nitrogen and oxygen atoms in total. The lowest BCUT2D eigenvalue weighted by molar-refractivity contribution is 0.0982. The lowest BCUT2D eigenvalue weighted by atomic mass is 9.92. The normalized spacial score (nSPS) is 15.9. The summed E-state index contributed by atoms with van der Waals surface area (Å²) in [6.45, 7) is 8.51. The molecule has 3 aromatic rings. The van der Waals surface area contributed by atoms with Crippen LogP contribution in [0.25, 0.3) is 0 Å². The first-order valence-corrected chi connectivity index (χ1v) is 10.7. The maximum absolute atomic E-state index is 15.1. The summed E-state index contributed by atoms with van der Waals surface area (Å²) in [5, 5.41) is 5.24. The van der Waals surface area contributed by atoms with Crippen LogP contribution in [0.2, 0.25) is 10.0 Å². The average Bonchev–Trinajstić information content (AvgIpc) is 3.22. The van der Waals surface area contributed by atoms with Gasteiger partial charge in [-0.05, 0) is 55.2 Å². The number of aryl methyl sites for hydroxylation is 2. The van der Waals surface area contributed by atoms with Gasteiger partial charge in [0.25, 0.3) is 5.91 Å². The van der Waals surface area contributed by atoms with Gasteiger partial charge in [0.2, 0.25) is 0 Å². The van der Waals surface area contributed by atoms with Crippen molar-refractivity contribution in [3.8, 4) is 0 Å². The third-order valence-electron chi connectivity index (χ3n) is 5.54. The van der Waals surface area contributed by atoms with Crippen LogP contribution < -0.4 is 4.90 Å². The molecule has 1 aliphatic rings. The molecule has 1 amide bonds. The van der Waals surface area contributed by atoms with E-state index in [4.69, 9.17) is 28.3 Å². The standard InChI is InChI=1S/C23H22Cl2FN3O/c1-5-28-22-18(20(27-28)12(2)3)21(15-11-14(24)10-9-13(15)4)29(23(22)30)17-8-6-7-16(25)19(17)26/h6-12,21H,5H2,1-4H3/t21-/m0/s1. The number of hydrogen-bond donors (Lipinski definition) is 0. The van der Waals surface area contributed by atoms with E-state index in [-0.39, 0.29) is 22.5 Å².